The first-order chi connectivity index (χ1) is 8.83. The van der Waals surface area contributed by atoms with Crippen LogP contribution in [0.1, 0.15) is 50.7 Å². The molecule has 1 N–H and O–H groups in total. The lowest BCUT2D eigenvalue weighted by Gasteiger charge is -2.08. The summed E-state index contributed by atoms with van der Waals surface area (Å²) in [7, 11) is 1.67. The van der Waals surface area contributed by atoms with Gasteiger partial charge in [0, 0.05) is 20.1 Å². The van der Waals surface area contributed by atoms with Crippen molar-refractivity contribution in [2.45, 2.75) is 58.6 Å². The molecule has 5 nitrogen and oxygen atoms in total. The standard InChI is InChI=1S/C13H25N3O2/c1-3-4-5-6-7-8-12-14-15-13(11-17)16(12)9-10-18-2/h17H,3-11H2,1-2H3. The van der Waals surface area contributed by atoms with Crippen LogP contribution in [0.5, 0.6) is 0 Å². The lowest BCUT2D eigenvalue weighted by Crippen LogP contribution is -2.12. The Morgan fingerprint density at radius 3 is 2.50 bits per heavy atom. The van der Waals surface area contributed by atoms with Crippen molar-refractivity contribution < 1.29 is 9.84 Å². The SMILES string of the molecule is CCCCCCCc1nnc(CO)n1CCOC. The fourth-order valence-corrected chi connectivity index (χ4v) is 2.00. The zero-order valence-electron chi connectivity index (χ0n) is 11.6. The number of rotatable bonds is 10. The Kier molecular flexibility index (Phi) is 7.60. The van der Waals surface area contributed by atoms with Gasteiger partial charge in [0.1, 0.15) is 12.4 Å². The molecule has 1 rings (SSSR count). The monoisotopic (exact) mass is 255 g/mol. The van der Waals surface area contributed by atoms with E-state index in [-0.39, 0.29) is 6.61 Å². The van der Waals surface area contributed by atoms with E-state index >= 15 is 0 Å². The summed E-state index contributed by atoms with van der Waals surface area (Å²) in [5.74, 6) is 1.60. The first-order valence-corrected chi connectivity index (χ1v) is 6.84. The molecule has 0 aromatic carbocycles. The predicted octanol–water partition coefficient (Wildman–Crippen LogP) is 1.93. The van der Waals surface area contributed by atoms with E-state index in [1.54, 1.807) is 7.11 Å². The van der Waals surface area contributed by atoms with E-state index in [0.717, 1.165) is 18.7 Å². The average molecular weight is 255 g/mol. The highest BCUT2D eigenvalue weighted by molar-refractivity contribution is 4.95. The summed E-state index contributed by atoms with van der Waals surface area (Å²) in [6, 6.07) is 0. The normalized spacial score (nSPS) is 11.1. The van der Waals surface area contributed by atoms with Gasteiger partial charge >= 0.3 is 0 Å². The van der Waals surface area contributed by atoms with Gasteiger partial charge in [-0.3, -0.25) is 0 Å². The molecule has 0 atom stereocenters. The van der Waals surface area contributed by atoms with E-state index in [4.69, 9.17) is 4.74 Å². The second-order valence-corrected chi connectivity index (χ2v) is 4.50. The van der Waals surface area contributed by atoms with E-state index in [9.17, 15) is 5.11 Å². The van der Waals surface area contributed by atoms with Crippen LogP contribution in [0.15, 0.2) is 0 Å². The van der Waals surface area contributed by atoms with Crippen molar-refractivity contribution in [2.75, 3.05) is 13.7 Å². The Morgan fingerprint density at radius 2 is 1.83 bits per heavy atom. The number of nitrogens with zero attached hydrogens (tertiary/aromatic N) is 3. The van der Waals surface area contributed by atoms with Gasteiger partial charge in [0.15, 0.2) is 5.82 Å². The van der Waals surface area contributed by atoms with Crippen LogP contribution < -0.4 is 0 Å². The minimum absolute atomic E-state index is 0.0629. The molecule has 18 heavy (non-hydrogen) atoms. The molecule has 5 heteroatoms. The number of hydrogen-bond donors (Lipinski definition) is 1. The molecule has 0 spiro atoms. The number of hydrogen-bond acceptors (Lipinski definition) is 4. The fourth-order valence-electron chi connectivity index (χ4n) is 2.00. The second kappa shape index (κ2) is 9.05. The van der Waals surface area contributed by atoms with Crippen molar-refractivity contribution in [3.05, 3.63) is 11.6 Å². The van der Waals surface area contributed by atoms with Crippen LogP contribution in [0.2, 0.25) is 0 Å². The van der Waals surface area contributed by atoms with Gasteiger partial charge in [-0.15, -0.1) is 10.2 Å². The van der Waals surface area contributed by atoms with Gasteiger partial charge in [-0.25, -0.2) is 0 Å². The lowest BCUT2D eigenvalue weighted by atomic mass is 10.1. The van der Waals surface area contributed by atoms with E-state index in [2.05, 4.69) is 17.1 Å². The molecule has 0 bridgehead atoms. The second-order valence-electron chi connectivity index (χ2n) is 4.50. The van der Waals surface area contributed by atoms with Crippen molar-refractivity contribution in [2.24, 2.45) is 0 Å². The predicted molar refractivity (Wildman–Crippen MR) is 70.3 cm³/mol. The van der Waals surface area contributed by atoms with Crippen LogP contribution in [0.3, 0.4) is 0 Å². The summed E-state index contributed by atoms with van der Waals surface area (Å²) in [5.41, 5.74) is 0. The van der Waals surface area contributed by atoms with Crippen molar-refractivity contribution in [3.8, 4) is 0 Å². The van der Waals surface area contributed by atoms with Crippen LogP contribution in [0.4, 0.5) is 0 Å². The zero-order valence-corrected chi connectivity index (χ0v) is 11.6. The van der Waals surface area contributed by atoms with Crippen molar-refractivity contribution in [3.63, 3.8) is 0 Å². The summed E-state index contributed by atoms with van der Waals surface area (Å²) in [4.78, 5) is 0. The maximum atomic E-state index is 9.21. The molecule has 0 amide bonds. The molecule has 0 aliphatic carbocycles. The average Bonchev–Trinajstić information content (AvgIpc) is 2.78. The highest BCUT2D eigenvalue weighted by Gasteiger charge is 2.10. The van der Waals surface area contributed by atoms with Crippen LogP contribution in [-0.2, 0) is 24.3 Å². The Morgan fingerprint density at radius 1 is 1.11 bits per heavy atom. The van der Waals surface area contributed by atoms with E-state index < -0.39 is 0 Å². The van der Waals surface area contributed by atoms with Gasteiger partial charge < -0.3 is 14.4 Å². The van der Waals surface area contributed by atoms with Crippen LogP contribution in [-0.4, -0.2) is 33.6 Å². The molecule has 1 aromatic rings. The highest BCUT2D eigenvalue weighted by Crippen LogP contribution is 2.09. The van der Waals surface area contributed by atoms with E-state index in [0.29, 0.717) is 19.0 Å². The van der Waals surface area contributed by atoms with Crippen LogP contribution in [0.25, 0.3) is 0 Å². The van der Waals surface area contributed by atoms with Crippen LogP contribution >= 0.6 is 0 Å². The number of unbranched alkanes of at least 4 members (excludes halogenated alkanes) is 4. The fraction of sp³-hybridized carbons (Fsp3) is 0.846. The molecule has 104 valence electrons. The molecule has 0 saturated heterocycles. The number of methoxy groups -OCH3 is 1. The Balaban J connectivity index is 2.45. The number of aliphatic hydroxyl groups is 1. The Hall–Kier alpha value is -0.940. The molecule has 1 heterocycles. The quantitative estimate of drug-likeness (QED) is 0.649. The first-order valence-electron chi connectivity index (χ1n) is 6.84. The number of aryl methyl sites for hydroxylation is 1. The van der Waals surface area contributed by atoms with Gasteiger partial charge in [-0.1, -0.05) is 32.6 Å². The summed E-state index contributed by atoms with van der Waals surface area (Å²) in [6.07, 6.45) is 7.16. The van der Waals surface area contributed by atoms with Crippen molar-refractivity contribution >= 4 is 0 Å². The minimum atomic E-state index is -0.0629. The molecule has 0 unspecified atom stereocenters. The smallest absolute Gasteiger partial charge is 0.158 e. The molecule has 0 fully saturated rings. The Labute approximate surface area is 109 Å². The summed E-state index contributed by atoms with van der Waals surface area (Å²) in [6.45, 7) is 3.49. The number of aliphatic hydroxyl groups excluding tert-OH is 1. The van der Waals surface area contributed by atoms with Gasteiger partial charge in [0.05, 0.1) is 6.61 Å². The van der Waals surface area contributed by atoms with Gasteiger partial charge in [-0.2, -0.15) is 0 Å². The molecule has 1 aromatic heterocycles. The topological polar surface area (TPSA) is 60.2 Å². The van der Waals surface area contributed by atoms with E-state index in [1.807, 2.05) is 4.57 Å². The van der Waals surface area contributed by atoms with Crippen molar-refractivity contribution in [1.82, 2.24) is 14.8 Å². The summed E-state index contributed by atoms with van der Waals surface area (Å²) < 4.78 is 7.04. The van der Waals surface area contributed by atoms with Crippen LogP contribution in [0, 0.1) is 0 Å². The van der Waals surface area contributed by atoms with E-state index in [1.165, 1.54) is 25.7 Å². The minimum Gasteiger partial charge on any atom is -0.388 e. The maximum absolute atomic E-state index is 9.21. The molecule has 0 aliphatic heterocycles. The van der Waals surface area contributed by atoms with Gasteiger partial charge in [0.2, 0.25) is 0 Å². The Bertz CT molecular complexity index is 326. The molecule has 0 aliphatic rings. The molecule has 0 saturated carbocycles. The first kappa shape index (κ1) is 15.1. The number of aromatic nitrogens is 3. The zero-order chi connectivity index (χ0) is 13.2. The summed E-state index contributed by atoms with van der Waals surface area (Å²) >= 11 is 0. The van der Waals surface area contributed by atoms with Crippen molar-refractivity contribution in [1.29, 1.82) is 0 Å². The molecular formula is C13H25N3O2. The summed E-state index contributed by atoms with van der Waals surface area (Å²) in [5, 5.41) is 17.4. The highest BCUT2D eigenvalue weighted by atomic mass is 16.5. The largest absolute Gasteiger partial charge is 0.388 e. The molecular weight excluding hydrogens is 230 g/mol. The maximum Gasteiger partial charge on any atom is 0.158 e. The molecule has 0 radical (unpaired) electrons. The lowest BCUT2D eigenvalue weighted by molar-refractivity contribution is 0.181. The third kappa shape index (κ3) is 4.74. The van der Waals surface area contributed by atoms with Gasteiger partial charge in [-0.05, 0) is 6.42 Å². The number of ether oxygens (including phenoxy) is 1. The third-order valence-electron chi connectivity index (χ3n) is 3.07. The third-order valence-corrected chi connectivity index (χ3v) is 3.07. The van der Waals surface area contributed by atoms with Gasteiger partial charge in [0.25, 0.3) is 0 Å².